The van der Waals surface area contributed by atoms with E-state index in [4.69, 9.17) is 10.8 Å². The third-order valence-corrected chi connectivity index (χ3v) is 7.00. The van der Waals surface area contributed by atoms with Crippen molar-refractivity contribution in [3.63, 3.8) is 0 Å². The number of hydrogen-bond acceptors (Lipinski definition) is 4. The predicted molar refractivity (Wildman–Crippen MR) is 113 cm³/mol. The number of carboxylic acid groups (broad SMARTS) is 1. The van der Waals surface area contributed by atoms with Gasteiger partial charge in [0.2, 0.25) is 13.3 Å². The van der Waals surface area contributed by atoms with Crippen LogP contribution in [0.1, 0.15) is 19.4 Å². The Balaban J connectivity index is 2.21. The molecule has 0 bridgehead atoms. The second kappa shape index (κ2) is 9.83. The minimum absolute atomic E-state index is 0.199. The van der Waals surface area contributed by atoms with Crippen molar-refractivity contribution in [1.29, 1.82) is 0 Å². The fourth-order valence-corrected chi connectivity index (χ4v) is 4.12. The van der Waals surface area contributed by atoms with Crippen LogP contribution in [0.3, 0.4) is 0 Å². The Morgan fingerprint density at radius 2 is 1.59 bits per heavy atom. The van der Waals surface area contributed by atoms with Crippen LogP contribution < -0.4 is 11.1 Å². The fourth-order valence-electron chi connectivity index (χ4n) is 2.86. The van der Waals surface area contributed by atoms with Gasteiger partial charge in [0.05, 0.1) is 11.7 Å². The van der Waals surface area contributed by atoms with Gasteiger partial charge in [-0.2, -0.15) is 0 Å². The molecule has 8 heteroatoms. The summed E-state index contributed by atoms with van der Waals surface area (Å²) in [5.74, 6) is -3.61. The lowest BCUT2D eigenvalue weighted by atomic mass is 9.97. The topological polar surface area (TPSA) is 130 Å². The highest BCUT2D eigenvalue weighted by Gasteiger charge is 2.33. The lowest BCUT2D eigenvalue weighted by molar-refractivity contribution is -0.141. The van der Waals surface area contributed by atoms with E-state index >= 15 is 0 Å². The summed E-state index contributed by atoms with van der Waals surface area (Å²) in [6.45, 7) is 2.76. The fraction of sp³-hybridized carbons (Fsp3) is 0.333. The molecule has 5 N–H and O–H groups in total. The van der Waals surface area contributed by atoms with Crippen molar-refractivity contribution in [1.82, 2.24) is 5.32 Å². The molecule has 0 heterocycles. The monoisotopic (exact) mass is 418 g/mol. The summed E-state index contributed by atoms with van der Waals surface area (Å²) in [4.78, 5) is 33.8. The molecule has 29 heavy (non-hydrogen) atoms. The van der Waals surface area contributed by atoms with E-state index in [1.165, 1.54) is 13.8 Å². The number of amides is 1. The first-order valence-corrected chi connectivity index (χ1v) is 11.3. The molecule has 0 aliphatic carbocycles. The third kappa shape index (κ3) is 6.53. The van der Waals surface area contributed by atoms with Crippen molar-refractivity contribution in [2.75, 3.05) is 6.16 Å². The van der Waals surface area contributed by atoms with Crippen LogP contribution in [0.25, 0.3) is 11.1 Å². The average molecular weight is 418 g/mol. The molecule has 4 atom stereocenters. The molecule has 0 aliphatic heterocycles. The summed E-state index contributed by atoms with van der Waals surface area (Å²) >= 11 is 0. The first kappa shape index (κ1) is 22.8. The first-order valence-electron chi connectivity index (χ1n) is 9.35. The van der Waals surface area contributed by atoms with Crippen LogP contribution in [0.2, 0.25) is 0 Å². The summed E-state index contributed by atoms with van der Waals surface area (Å²) < 4.78 is 12.4. The summed E-state index contributed by atoms with van der Waals surface area (Å²) in [7, 11) is -3.77. The van der Waals surface area contributed by atoms with Crippen molar-refractivity contribution in [3.8, 4) is 11.1 Å². The van der Waals surface area contributed by atoms with E-state index in [2.05, 4.69) is 5.32 Å². The van der Waals surface area contributed by atoms with Crippen LogP contribution >= 0.6 is 7.37 Å². The summed E-state index contributed by atoms with van der Waals surface area (Å²) in [5, 5.41) is 11.4. The lowest BCUT2D eigenvalue weighted by Crippen LogP contribution is -2.43. The number of carbonyl (C=O) groups is 2. The molecule has 0 radical (unpaired) electrons. The maximum atomic E-state index is 12.6. The van der Waals surface area contributed by atoms with E-state index in [1.807, 2.05) is 54.6 Å². The number of nitrogens with one attached hydrogen (secondary N) is 1. The number of rotatable bonds is 9. The molecule has 7 nitrogen and oxygen atoms in total. The average Bonchev–Trinajstić information content (AvgIpc) is 2.68. The highest BCUT2D eigenvalue weighted by atomic mass is 31.2. The Kier molecular flexibility index (Phi) is 7.73. The van der Waals surface area contributed by atoms with E-state index in [0.717, 1.165) is 16.7 Å². The molecule has 0 spiro atoms. The highest BCUT2D eigenvalue weighted by Crippen LogP contribution is 2.46. The number of aliphatic carboxylic acids is 1. The smallest absolute Gasteiger partial charge is 0.325 e. The van der Waals surface area contributed by atoms with Gasteiger partial charge >= 0.3 is 5.97 Å². The van der Waals surface area contributed by atoms with E-state index in [9.17, 15) is 19.0 Å². The number of carboxylic acids is 1. The molecule has 156 valence electrons. The number of benzene rings is 2. The molecule has 0 fully saturated rings. The quantitative estimate of drug-likeness (QED) is 0.463. The van der Waals surface area contributed by atoms with Gasteiger partial charge in [0, 0.05) is 6.16 Å². The minimum atomic E-state index is -3.77. The second-order valence-corrected chi connectivity index (χ2v) is 9.90. The summed E-state index contributed by atoms with van der Waals surface area (Å²) in [6, 6.07) is 16.3. The number of carbonyl (C=O) groups excluding carboxylic acids is 1. The Bertz CT molecular complexity index is 884. The largest absolute Gasteiger partial charge is 0.480 e. The maximum absolute atomic E-state index is 12.6. The molecule has 2 aromatic carbocycles. The predicted octanol–water partition coefficient (Wildman–Crippen LogP) is 2.68. The van der Waals surface area contributed by atoms with E-state index in [0.29, 0.717) is 0 Å². The molecule has 3 unspecified atom stereocenters. The summed E-state index contributed by atoms with van der Waals surface area (Å²) in [6.07, 6.45) is -0.117. The van der Waals surface area contributed by atoms with Gasteiger partial charge in [0.25, 0.3) is 0 Å². The Labute approximate surface area is 170 Å². The van der Waals surface area contributed by atoms with Crippen molar-refractivity contribution in [2.24, 2.45) is 11.7 Å². The van der Waals surface area contributed by atoms with E-state index < -0.39 is 37.0 Å². The Morgan fingerprint density at radius 3 is 2.10 bits per heavy atom. The van der Waals surface area contributed by atoms with Crippen molar-refractivity contribution in [2.45, 2.75) is 32.1 Å². The molecular weight excluding hydrogens is 391 g/mol. The van der Waals surface area contributed by atoms with E-state index in [-0.39, 0.29) is 12.6 Å². The standard InChI is InChI=1S/C21H27N2O5P/c1-14(21(25)26)23-20(24)19(13-29(27,28)15(2)22)12-16-8-10-18(11-9-16)17-6-4-3-5-7-17/h3-11,14-15,19H,12-13,22H2,1-2H3,(H,23,24)(H,25,26)(H,27,28)/t14-,15?,19?/m0/s1. The van der Waals surface area contributed by atoms with Crippen LogP contribution in [-0.2, 0) is 20.6 Å². The van der Waals surface area contributed by atoms with Crippen LogP contribution in [0.15, 0.2) is 54.6 Å². The van der Waals surface area contributed by atoms with Crippen LogP contribution in [-0.4, -0.2) is 39.9 Å². The molecular formula is C21H27N2O5P. The minimum Gasteiger partial charge on any atom is -0.480 e. The van der Waals surface area contributed by atoms with E-state index in [1.54, 1.807) is 0 Å². The molecule has 0 aliphatic rings. The van der Waals surface area contributed by atoms with Gasteiger partial charge in [0.1, 0.15) is 6.04 Å². The van der Waals surface area contributed by atoms with Crippen LogP contribution in [0.5, 0.6) is 0 Å². The van der Waals surface area contributed by atoms with Gasteiger partial charge in [-0.05, 0) is 37.0 Å². The maximum Gasteiger partial charge on any atom is 0.325 e. The lowest BCUT2D eigenvalue weighted by Gasteiger charge is -2.23. The number of hydrogen-bond donors (Lipinski definition) is 4. The Morgan fingerprint density at radius 1 is 1.03 bits per heavy atom. The molecule has 2 rings (SSSR count). The van der Waals surface area contributed by atoms with Gasteiger partial charge in [-0.1, -0.05) is 54.6 Å². The third-order valence-electron chi connectivity index (χ3n) is 4.76. The van der Waals surface area contributed by atoms with Gasteiger partial charge in [-0.25, -0.2) is 0 Å². The zero-order chi connectivity index (χ0) is 21.6. The summed E-state index contributed by atoms with van der Waals surface area (Å²) in [5.41, 5.74) is 8.48. The van der Waals surface area contributed by atoms with Gasteiger partial charge in [-0.15, -0.1) is 0 Å². The van der Waals surface area contributed by atoms with Crippen LogP contribution in [0, 0.1) is 5.92 Å². The van der Waals surface area contributed by atoms with Gasteiger partial charge < -0.3 is 21.1 Å². The van der Waals surface area contributed by atoms with Crippen molar-refractivity contribution >= 4 is 19.2 Å². The molecule has 0 saturated carbocycles. The zero-order valence-electron chi connectivity index (χ0n) is 16.5. The van der Waals surface area contributed by atoms with Crippen molar-refractivity contribution in [3.05, 3.63) is 60.2 Å². The Hall–Kier alpha value is -2.47. The normalized spacial score (nSPS) is 16.3. The SMILES string of the molecule is CC(N)P(=O)(O)CC(Cc1ccc(-c2ccccc2)cc1)C(=O)N[C@@H](C)C(=O)O. The molecule has 1 amide bonds. The first-order chi connectivity index (χ1) is 13.6. The van der Waals surface area contributed by atoms with Gasteiger partial charge in [0.15, 0.2) is 0 Å². The second-order valence-electron chi connectivity index (χ2n) is 7.21. The zero-order valence-corrected chi connectivity index (χ0v) is 17.4. The van der Waals surface area contributed by atoms with Gasteiger partial charge in [-0.3, -0.25) is 14.2 Å². The molecule has 0 saturated heterocycles. The molecule has 2 aromatic rings. The molecule has 0 aromatic heterocycles. The number of nitrogens with two attached hydrogens (primary N) is 1. The van der Waals surface area contributed by atoms with Crippen molar-refractivity contribution < 1.29 is 24.2 Å². The highest BCUT2D eigenvalue weighted by molar-refractivity contribution is 7.58. The van der Waals surface area contributed by atoms with Crippen LogP contribution in [0.4, 0.5) is 0 Å².